The van der Waals surface area contributed by atoms with E-state index in [-0.39, 0.29) is 18.2 Å². The molecule has 2 aromatic carbocycles. The van der Waals surface area contributed by atoms with Crippen molar-refractivity contribution >= 4 is 11.6 Å². The summed E-state index contributed by atoms with van der Waals surface area (Å²) in [5.41, 5.74) is 1.86. The van der Waals surface area contributed by atoms with Crippen molar-refractivity contribution in [2.24, 2.45) is 0 Å². The highest BCUT2D eigenvalue weighted by molar-refractivity contribution is 6.30. The molecule has 0 spiro atoms. The summed E-state index contributed by atoms with van der Waals surface area (Å²) in [6.45, 7) is 1.54. The number of hydrogen-bond donors (Lipinski definition) is 2. The predicted octanol–water partition coefficient (Wildman–Crippen LogP) is 3.25. The molecular weight excluding hydrogens is 291 g/mol. The van der Waals surface area contributed by atoms with Crippen molar-refractivity contribution in [3.05, 3.63) is 70.0 Å². The molecule has 0 aliphatic rings. The summed E-state index contributed by atoms with van der Waals surface area (Å²) in [4.78, 5) is 0. The maximum Gasteiger partial charge on any atom is 0.141 e. The van der Waals surface area contributed by atoms with Crippen molar-refractivity contribution in [1.82, 2.24) is 0 Å². The molecular formula is C17H18ClFO2. The molecule has 2 aromatic rings. The van der Waals surface area contributed by atoms with E-state index in [0.717, 1.165) is 16.7 Å². The van der Waals surface area contributed by atoms with E-state index in [9.17, 15) is 14.6 Å². The standard InChI is InChI=1S/C17H18ClFO2/c1-12-3-2-4-14(7-12)17(10-20,11-21)9-13-5-6-16(19)15(18)8-13/h2-8,20-21H,9-11H2,1H3. The molecule has 0 heterocycles. The number of hydrogen-bond acceptors (Lipinski definition) is 2. The Bertz CT molecular complexity index is 624. The summed E-state index contributed by atoms with van der Waals surface area (Å²) in [7, 11) is 0. The van der Waals surface area contributed by atoms with Crippen LogP contribution in [0.1, 0.15) is 16.7 Å². The number of aryl methyl sites for hydroxylation is 1. The van der Waals surface area contributed by atoms with Gasteiger partial charge in [0, 0.05) is 5.41 Å². The molecule has 0 bridgehead atoms. The van der Waals surface area contributed by atoms with E-state index >= 15 is 0 Å². The van der Waals surface area contributed by atoms with Gasteiger partial charge in [-0.25, -0.2) is 4.39 Å². The molecule has 21 heavy (non-hydrogen) atoms. The second-order valence-corrected chi connectivity index (χ2v) is 5.80. The van der Waals surface area contributed by atoms with Crippen LogP contribution >= 0.6 is 11.6 Å². The molecule has 0 aliphatic carbocycles. The second-order valence-electron chi connectivity index (χ2n) is 5.39. The molecule has 0 aliphatic heterocycles. The van der Waals surface area contributed by atoms with Gasteiger partial charge in [0.15, 0.2) is 0 Å². The molecule has 2 N–H and O–H groups in total. The first-order chi connectivity index (χ1) is 10.0. The topological polar surface area (TPSA) is 40.5 Å². The van der Waals surface area contributed by atoms with E-state index in [4.69, 9.17) is 11.6 Å². The first-order valence-corrected chi connectivity index (χ1v) is 7.11. The molecule has 0 saturated carbocycles. The van der Waals surface area contributed by atoms with Crippen LogP contribution in [0.3, 0.4) is 0 Å². The SMILES string of the molecule is Cc1cccc(C(CO)(CO)Cc2ccc(F)c(Cl)c2)c1. The third kappa shape index (κ3) is 3.43. The fourth-order valence-electron chi connectivity index (χ4n) is 2.46. The van der Waals surface area contributed by atoms with Gasteiger partial charge in [0.1, 0.15) is 5.82 Å². The van der Waals surface area contributed by atoms with Gasteiger partial charge in [-0.2, -0.15) is 0 Å². The highest BCUT2D eigenvalue weighted by Crippen LogP contribution is 2.30. The molecule has 0 unspecified atom stereocenters. The minimum Gasteiger partial charge on any atom is -0.395 e. The molecule has 4 heteroatoms. The Morgan fingerprint density at radius 2 is 1.81 bits per heavy atom. The van der Waals surface area contributed by atoms with Crippen molar-refractivity contribution in [3.8, 4) is 0 Å². The zero-order valence-electron chi connectivity index (χ0n) is 11.8. The fraction of sp³-hybridized carbons (Fsp3) is 0.294. The third-order valence-electron chi connectivity index (χ3n) is 3.76. The summed E-state index contributed by atoms with van der Waals surface area (Å²) in [6, 6.07) is 12.1. The highest BCUT2D eigenvalue weighted by atomic mass is 35.5. The van der Waals surface area contributed by atoms with Crippen LogP contribution in [0.15, 0.2) is 42.5 Å². The summed E-state index contributed by atoms with van der Waals surface area (Å²) < 4.78 is 13.2. The second kappa shape index (κ2) is 6.56. The molecule has 0 aromatic heterocycles. The first kappa shape index (κ1) is 16.0. The van der Waals surface area contributed by atoms with Gasteiger partial charge in [-0.1, -0.05) is 47.5 Å². The summed E-state index contributed by atoms with van der Waals surface area (Å²) in [5, 5.41) is 19.7. The lowest BCUT2D eigenvalue weighted by Gasteiger charge is -2.31. The number of rotatable bonds is 5. The Balaban J connectivity index is 2.40. The minimum atomic E-state index is -0.812. The number of benzene rings is 2. The number of halogens is 2. The predicted molar refractivity (Wildman–Crippen MR) is 82.1 cm³/mol. The highest BCUT2D eigenvalue weighted by Gasteiger charge is 2.31. The van der Waals surface area contributed by atoms with Crippen LogP contribution in [0.25, 0.3) is 0 Å². The van der Waals surface area contributed by atoms with Gasteiger partial charge >= 0.3 is 0 Å². The number of aliphatic hydroxyl groups is 2. The maximum atomic E-state index is 13.2. The average Bonchev–Trinajstić information content (AvgIpc) is 2.48. The van der Waals surface area contributed by atoms with E-state index < -0.39 is 11.2 Å². The van der Waals surface area contributed by atoms with Crippen LogP contribution in [-0.2, 0) is 11.8 Å². The maximum absolute atomic E-state index is 13.2. The van der Waals surface area contributed by atoms with E-state index in [0.29, 0.717) is 6.42 Å². The van der Waals surface area contributed by atoms with Crippen molar-refractivity contribution in [2.75, 3.05) is 13.2 Å². The molecule has 2 nitrogen and oxygen atoms in total. The van der Waals surface area contributed by atoms with Gasteiger partial charge in [-0.3, -0.25) is 0 Å². The minimum absolute atomic E-state index is 0.0431. The Kier molecular flexibility index (Phi) is 4.99. The van der Waals surface area contributed by atoms with Crippen molar-refractivity contribution in [1.29, 1.82) is 0 Å². The number of aliphatic hydroxyl groups excluding tert-OH is 2. The molecule has 0 radical (unpaired) electrons. The zero-order chi connectivity index (χ0) is 15.5. The van der Waals surface area contributed by atoms with Gasteiger partial charge in [0.2, 0.25) is 0 Å². The monoisotopic (exact) mass is 308 g/mol. The fourth-order valence-corrected chi connectivity index (χ4v) is 2.66. The van der Waals surface area contributed by atoms with Gasteiger partial charge < -0.3 is 10.2 Å². The van der Waals surface area contributed by atoms with Crippen LogP contribution in [0.5, 0.6) is 0 Å². The third-order valence-corrected chi connectivity index (χ3v) is 4.05. The summed E-state index contributed by atoms with van der Waals surface area (Å²) >= 11 is 5.80. The van der Waals surface area contributed by atoms with E-state index in [2.05, 4.69) is 0 Å². The molecule has 0 atom stereocenters. The molecule has 2 rings (SSSR count). The van der Waals surface area contributed by atoms with E-state index in [1.165, 1.54) is 12.1 Å². The summed E-state index contributed by atoms with van der Waals surface area (Å²) in [6.07, 6.45) is 0.378. The molecule has 0 fully saturated rings. The normalized spacial score (nSPS) is 11.7. The zero-order valence-corrected chi connectivity index (χ0v) is 12.6. The summed E-state index contributed by atoms with van der Waals surface area (Å²) in [5.74, 6) is -0.477. The van der Waals surface area contributed by atoms with Crippen molar-refractivity contribution < 1.29 is 14.6 Å². The van der Waals surface area contributed by atoms with Crippen LogP contribution in [0.2, 0.25) is 5.02 Å². The van der Waals surface area contributed by atoms with E-state index in [1.807, 2.05) is 31.2 Å². The first-order valence-electron chi connectivity index (χ1n) is 6.73. The van der Waals surface area contributed by atoms with Crippen LogP contribution in [0, 0.1) is 12.7 Å². The van der Waals surface area contributed by atoms with Gasteiger partial charge in [-0.05, 0) is 36.6 Å². The van der Waals surface area contributed by atoms with Gasteiger partial charge in [-0.15, -0.1) is 0 Å². The van der Waals surface area contributed by atoms with Crippen LogP contribution in [0.4, 0.5) is 4.39 Å². The lowest BCUT2D eigenvalue weighted by molar-refractivity contribution is 0.116. The molecule has 0 saturated heterocycles. The van der Waals surface area contributed by atoms with E-state index in [1.54, 1.807) is 6.07 Å². The molecule has 112 valence electrons. The van der Waals surface area contributed by atoms with Crippen molar-refractivity contribution in [2.45, 2.75) is 18.8 Å². The largest absolute Gasteiger partial charge is 0.395 e. The van der Waals surface area contributed by atoms with Crippen LogP contribution in [-0.4, -0.2) is 23.4 Å². The Labute approximate surface area is 128 Å². The lowest BCUT2D eigenvalue weighted by atomic mass is 9.76. The van der Waals surface area contributed by atoms with Crippen LogP contribution < -0.4 is 0 Å². The Morgan fingerprint density at radius 1 is 1.10 bits per heavy atom. The van der Waals surface area contributed by atoms with Gasteiger partial charge in [0.05, 0.1) is 18.2 Å². The Hall–Kier alpha value is -1.42. The molecule has 0 amide bonds. The quantitative estimate of drug-likeness (QED) is 0.890. The lowest BCUT2D eigenvalue weighted by Crippen LogP contribution is -2.37. The smallest absolute Gasteiger partial charge is 0.141 e. The average molecular weight is 309 g/mol. The van der Waals surface area contributed by atoms with Gasteiger partial charge in [0.25, 0.3) is 0 Å². The van der Waals surface area contributed by atoms with Crippen molar-refractivity contribution in [3.63, 3.8) is 0 Å². The Morgan fingerprint density at radius 3 is 2.38 bits per heavy atom.